The second-order valence-corrected chi connectivity index (χ2v) is 4.27. The van der Waals surface area contributed by atoms with Crippen LogP contribution in [0.5, 0.6) is 0 Å². The number of hydrogen-bond acceptors (Lipinski definition) is 6. The van der Waals surface area contributed by atoms with Crippen molar-refractivity contribution in [2.24, 2.45) is 0 Å². The molecule has 0 atom stereocenters. The topological polar surface area (TPSA) is 77.1 Å². The second-order valence-electron chi connectivity index (χ2n) is 4.27. The van der Waals surface area contributed by atoms with Crippen LogP contribution in [-0.2, 0) is 24.1 Å². The van der Waals surface area contributed by atoms with Gasteiger partial charge in [-0.05, 0) is 32.6 Å². The maximum absolute atomic E-state index is 8.89. The van der Waals surface area contributed by atoms with Gasteiger partial charge in [0.15, 0.2) is 0 Å². The predicted octanol–water partition coefficient (Wildman–Crippen LogP) is 1.93. The molecule has 0 aliphatic rings. The maximum Gasteiger partial charge on any atom is 0.247 e. The quantitative estimate of drug-likeness (QED) is 0.405. The highest BCUT2D eigenvalue weighted by atomic mass is 17.4. The number of carboxylic acids is 1. The number of carbonyl (C=O) groups is 1. The van der Waals surface area contributed by atoms with E-state index in [9.17, 15) is 0 Å². The Balaban J connectivity index is 0. The minimum absolute atomic E-state index is 0.539. The van der Waals surface area contributed by atoms with Gasteiger partial charge in [0.1, 0.15) is 26.4 Å². The van der Waals surface area contributed by atoms with Crippen molar-refractivity contribution in [3.05, 3.63) is 0 Å². The lowest BCUT2D eigenvalue weighted by Gasteiger charge is -2.25. The molecule has 21 heavy (non-hydrogen) atoms. The third-order valence-corrected chi connectivity index (χ3v) is 1.81. The van der Waals surface area contributed by atoms with Crippen molar-refractivity contribution in [3.8, 4) is 0 Å². The first-order valence-corrected chi connectivity index (χ1v) is 7.62. The standard InChI is InChI=1S/C12H28NO4.C2H4O2/c1-5-9-14-13(15-10-6-2,16-11-7-3)17-12-8-4;1-2(3)4/h5-12H2,1-4H3;1H3,(H,3,4)/q+1;/p-1. The van der Waals surface area contributed by atoms with Crippen molar-refractivity contribution < 1.29 is 34.4 Å². The average Bonchev–Trinajstić information content (AvgIpc) is 2.45. The fraction of sp³-hybridized carbons (Fsp3) is 0.929. The van der Waals surface area contributed by atoms with E-state index in [1.165, 1.54) is 0 Å². The van der Waals surface area contributed by atoms with Gasteiger partial charge >= 0.3 is 0 Å². The van der Waals surface area contributed by atoms with Crippen LogP contribution in [0.25, 0.3) is 0 Å². The predicted molar refractivity (Wildman–Crippen MR) is 75.9 cm³/mol. The number of quaternary nitrogens is 1. The van der Waals surface area contributed by atoms with Gasteiger partial charge in [-0.1, -0.05) is 47.0 Å². The molecule has 0 radical (unpaired) electrons. The van der Waals surface area contributed by atoms with Gasteiger partial charge in [-0.3, -0.25) is 0 Å². The zero-order valence-electron chi connectivity index (χ0n) is 14.1. The van der Waals surface area contributed by atoms with Crippen LogP contribution in [0.4, 0.5) is 0 Å². The molecule has 0 fully saturated rings. The largest absolute Gasteiger partial charge is 0.550 e. The summed E-state index contributed by atoms with van der Waals surface area (Å²) in [6, 6.07) is 0. The highest BCUT2D eigenvalue weighted by Crippen LogP contribution is 2.15. The second kappa shape index (κ2) is 15.7. The molecule has 128 valence electrons. The van der Waals surface area contributed by atoms with Crippen LogP contribution < -0.4 is 5.11 Å². The first-order chi connectivity index (χ1) is 9.97. The fourth-order valence-corrected chi connectivity index (χ4v) is 1.04. The Kier molecular flexibility index (Phi) is 16.8. The van der Waals surface area contributed by atoms with Gasteiger partial charge in [-0.15, -0.1) is 0 Å². The van der Waals surface area contributed by atoms with Crippen molar-refractivity contribution >= 4 is 5.97 Å². The van der Waals surface area contributed by atoms with Crippen LogP contribution in [0.2, 0.25) is 0 Å². The van der Waals surface area contributed by atoms with Gasteiger partial charge in [-0.25, -0.2) is 0 Å². The number of rotatable bonds is 12. The first-order valence-electron chi connectivity index (χ1n) is 7.62. The Morgan fingerprint density at radius 1 is 0.762 bits per heavy atom. The molecule has 0 rings (SSSR count). The lowest BCUT2D eigenvalue weighted by atomic mass is 10.5. The summed E-state index contributed by atoms with van der Waals surface area (Å²) in [5.41, 5.74) is 0. The number of hydrogen-bond donors (Lipinski definition) is 0. The zero-order valence-corrected chi connectivity index (χ0v) is 14.1. The van der Waals surface area contributed by atoms with Crippen molar-refractivity contribution in [2.75, 3.05) is 26.4 Å². The summed E-state index contributed by atoms with van der Waals surface area (Å²) in [7, 11) is 0. The number of nitrogens with zero attached hydrogens (tertiary/aromatic N) is 1. The minimum Gasteiger partial charge on any atom is -0.550 e. The molecule has 0 aromatic rings. The minimum atomic E-state index is -1.08. The molecule has 0 spiro atoms. The van der Waals surface area contributed by atoms with Gasteiger partial charge in [0, 0.05) is 5.97 Å². The SMILES string of the molecule is CC(=O)[O-].CCCO[N+](OCCC)(OCCC)OCCC. The van der Waals surface area contributed by atoms with Gasteiger partial charge in [0.25, 0.3) is 0 Å². The van der Waals surface area contributed by atoms with E-state index in [1.54, 1.807) is 0 Å². The molecule has 0 N–H and O–H groups in total. The van der Waals surface area contributed by atoms with Crippen LogP contribution in [0.1, 0.15) is 60.3 Å². The highest BCUT2D eigenvalue weighted by molar-refractivity contribution is 5.60. The van der Waals surface area contributed by atoms with E-state index >= 15 is 0 Å². The Labute approximate surface area is 128 Å². The highest BCUT2D eigenvalue weighted by Gasteiger charge is 2.37. The van der Waals surface area contributed by atoms with E-state index < -0.39 is 11.1 Å². The molecular weight excluding hydrogens is 278 g/mol. The summed E-state index contributed by atoms with van der Waals surface area (Å²) < 4.78 is 0. The Morgan fingerprint density at radius 3 is 1.10 bits per heavy atom. The Bertz CT molecular complexity index is 196. The molecule has 0 saturated heterocycles. The van der Waals surface area contributed by atoms with E-state index in [0.29, 0.717) is 26.4 Å². The van der Waals surface area contributed by atoms with Crippen LogP contribution in [-0.4, -0.2) is 37.5 Å². The maximum atomic E-state index is 8.89. The summed E-state index contributed by atoms with van der Waals surface area (Å²) in [6.07, 6.45) is 3.56. The summed E-state index contributed by atoms with van der Waals surface area (Å²) in [5, 5.41) is 8.31. The normalized spacial score (nSPS) is 10.9. The summed E-state index contributed by atoms with van der Waals surface area (Å²) >= 11 is 0. The lowest BCUT2D eigenvalue weighted by molar-refractivity contribution is -1.47. The molecule has 0 unspecified atom stereocenters. The van der Waals surface area contributed by atoms with Gasteiger partial charge in [0.2, 0.25) is 5.14 Å². The van der Waals surface area contributed by atoms with E-state index in [2.05, 4.69) is 0 Å². The van der Waals surface area contributed by atoms with E-state index in [4.69, 9.17) is 29.3 Å². The average molecular weight is 309 g/mol. The Morgan fingerprint density at radius 2 is 0.952 bits per heavy atom. The van der Waals surface area contributed by atoms with Crippen molar-refractivity contribution in [2.45, 2.75) is 60.3 Å². The molecule has 0 bridgehead atoms. The van der Waals surface area contributed by atoms with Crippen LogP contribution in [0.15, 0.2) is 0 Å². The van der Waals surface area contributed by atoms with Gasteiger partial charge in [-0.2, -0.15) is 0 Å². The zero-order chi connectivity index (χ0) is 16.6. The first kappa shape index (κ1) is 22.5. The van der Waals surface area contributed by atoms with Crippen molar-refractivity contribution in [3.63, 3.8) is 0 Å². The Hall–Kier alpha value is -0.730. The smallest absolute Gasteiger partial charge is 0.247 e. The van der Waals surface area contributed by atoms with Crippen LogP contribution in [0.3, 0.4) is 0 Å². The van der Waals surface area contributed by atoms with Crippen molar-refractivity contribution in [1.29, 1.82) is 0 Å². The van der Waals surface area contributed by atoms with Crippen molar-refractivity contribution in [1.82, 2.24) is 0 Å². The molecule has 0 aromatic heterocycles. The fourth-order valence-electron chi connectivity index (χ4n) is 1.04. The molecule has 0 amide bonds. The molecule has 7 nitrogen and oxygen atoms in total. The van der Waals surface area contributed by atoms with Crippen LogP contribution >= 0.6 is 0 Å². The number of carboxylic acid groups (broad SMARTS) is 1. The van der Waals surface area contributed by atoms with Gasteiger partial charge in [0.05, 0.1) is 0 Å². The summed E-state index contributed by atoms with van der Waals surface area (Å²) in [4.78, 5) is 31.1. The summed E-state index contributed by atoms with van der Waals surface area (Å²) in [6.45, 7) is 11.3. The summed E-state index contributed by atoms with van der Waals surface area (Å²) in [5.74, 6) is -1.08. The van der Waals surface area contributed by atoms with Gasteiger partial charge < -0.3 is 9.90 Å². The molecule has 0 heterocycles. The molecule has 0 saturated carbocycles. The van der Waals surface area contributed by atoms with E-state index in [1.807, 2.05) is 27.7 Å². The molecule has 0 aromatic carbocycles. The molecule has 0 aliphatic heterocycles. The third-order valence-electron chi connectivity index (χ3n) is 1.81. The molecular formula is C14H31NO6. The lowest BCUT2D eigenvalue weighted by Crippen LogP contribution is -2.48. The number of aliphatic carboxylic acids is 1. The molecule has 0 aliphatic carbocycles. The van der Waals surface area contributed by atoms with Crippen LogP contribution in [0, 0.1) is 0 Å². The van der Waals surface area contributed by atoms with E-state index in [-0.39, 0.29) is 0 Å². The number of carbonyl (C=O) groups excluding carboxylic acids is 1. The third kappa shape index (κ3) is 15.5. The monoisotopic (exact) mass is 309 g/mol. The van der Waals surface area contributed by atoms with E-state index in [0.717, 1.165) is 32.6 Å². The molecule has 7 heteroatoms.